The van der Waals surface area contributed by atoms with Crippen LogP contribution in [0.2, 0.25) is 0 Å². The van der Waals surface area contributed by atoms with Crippen molar-refractivity contribution in [3.63, 3.8) is 0 Å². The Balaban J connectivity index is 1.58. The van der Waals surface area contributed by atoms with Crippen LogP contribution in [0.3, 0.4) is 0 Å². The number of amides is 4. The molecule has 0 radical (unpaired) electrons. The molecule has 0 unspecified atom stereocenters. The fourth-order valence-corrected chi connectivity index (χ4v) is 3.73. The topological polar surface area (TPSA) is 107 Å². The number of hydrogen-bond acceptors (Lipinski definition) is 4. The molecule has 1 aromatic carbocycles. The van der Waals surface area contributed by atoms with Crippen molar-refractivity contribution in [2.75, 3.05) is 6.54 Å². The monoisotopic (exact) mass is 387 g/mol. The van der Waals surface area contributed by atoms with Gasteiger partial charge in [0.1, 0.15) is 12.1 Å². The van der Waals surface area contributed by atoms with Crippen molar-refractivity contribution in [2.24, 2.45) is 0 Å². The minimum absolute atomic E-state index is 0.0486. The minimum atomic E-state index is -1.08. The van der Waals surface area contributed by atoms with Gasteiger partial charge in [0, 0.05) is 25.9 Å². The normalized spacial score (nSPS) is 19.2. The fourth-order valence-electron chi connectivity index (χ4n) is 3.73. The first kappa shape index (κ1) is 19.9. The van der Waals surface area contributed by atoms with Crippen LogP contribution in [0.4, 0.5) is 4.79 Å². The summed E-state index contributed by atoms with van der Waals surface area (Å²) in [4.78, 5) is 51.4. The Morgan fingerprint density at radius 1 is 1.25 bits per heavy atom. The molecule has 0 aromatic heterocycles. The second-order valence-electron chi connectivity index (χ2n) is 7.24. The number of hydrogen-bond donors (Lipinski definition) is 2. The van der Waals surface area contributed by atoms with Crippen LogP contribution >= 0.6 is 0 Å². The van der Waals surface area contributed by atoms with Gasteiger partial charge in [-0.3, -0.25) is 14.5 Å². The summed E-state index contributed by atoms with van der Waals surface area (Å²) in [5.41, 5.74) is 2.09. The zero-order valence-electron chi connectivity index (χ0n) is 15.9. The molecule has 0 bridgehead atoms. The lowest BCUT2D eigenvalue weighted by molar-refractivity contribution is -0.142. The van der Waals surface area contributed by atoms with E-state index in [0.29, 0.717) is 25.8 Å². The van der Waals surface area contributed by atoms with Crippen molar-refractivity contribution in [3.8, 4) is 0 Å². The first-order valence-corrected chi connectivity index (χ1v) is 9.63. The van der Waals surface area contributed by atoms with Gasteiger partial charge in [0.2, 0.25) is 5.91 Å². The summed E-state index contributed by atoms with van der Waals surface area (Å²) in [5, 5.41) is 11.7. The van der Waals surface area contributed by atoms with Gasteiger partial charge in [0.25, 0.3) is 5.91 Å². The minimum Gasteiger partial charge on any atom is -0.480 e. The highest BCUT2D eigenvalue weighted by Gasteiger charge is 2.46. The number of unbranched alkanes of at least 4 members (excludes halogenated alkanes) is 1. The van der Waals surface area contributed by atoms with Gasteiger partial charge in [-0.05, 0) is 17.5 Å². The number of nitrogens with zero attached hydrogens (tertiary/aromatic N) is 2. The molecule has 1 saturated heterocycles. The Hall–Kier alpha value is -2.90. The Morgan fingerprint density at radius 2 is 1.96 bits per heavy atom. The van der Waals surface area contributed by atoms with Gasteiger partial charge in [-0.2, -0.15) is 0 Å². The third-order valence-corrected chi connectivity index (χ3v) is 5.32. The second-order valence-corrected chi connectivity index (χ2v) is 7.24. The summed E-state index contributed by atoms with van der Waals surface area (Å²) in [5.74, 6) is -1.85. The zero-order valence-corrected chi connectivity index (χ0v) is 15.9. The van der Waals surface area contributed by atoms with Crippen LogP contribution < -0.4 is 5.32 Å². The summed E-state index contributed by atoms with van der Waals surface area (Å²) < 4.78 is 0. The third kappa shape index (κ3) is 4.00. The molecule has 2 aliphatic rings. The molecule has 8 nitrogen and oxygen atoms in total. The van der Waals surface area contributed by atoms with E-state index in [9.17, 15) is 24.3 Å². The largest absolute Gasteiger partial charge is 0.480 e. The van der Waals surface area contributed by atoms with Crippen LogP contribution in [0, 0.1) is 0 Å². The summed E-state index contributed by atoms with van der Waals surface area (Å²) in [7, 11) is 0. The predicted molar refractivity (Wildman–Crippen MR) is 100 cm³/mol. The fraction of sp³-hybridized carbons (Fsp3) is 0.500. The van der Waals surface area contributed by atoms with Gasteiger partial charge < -0.3 is 15.3 Å². The van der Waals surface area contributed by atoms with Crippen molar-refractivity contribution in [3.05, 3.63) is 35.4 Å². The smallest absolute Gasteiger partial charge is 0.327 e. The van der Waals surface area contributed by atoms with E-state index in [1.54, 1.807) is 4.90 Å². The Morgan fingerprint density at radius 3 is 2.64 bits per heavy atom. The van der Waals surface area contributed by atoms with Crippen LogP contribution in [0.5, 0.6) is 0 Å². The molecule has 1 fully saturated rings. The van der Waals surface area contributed by atoms with Crippen LogP contribution in [0.1, 0.15) is 43.7 Å². The molecular formula is C20H25N3O5. The molecule has 0 saturated carbocycles. The summed E-state index contributed by atoms with van der Waals surface area (Å²) in [6, 6.07) is 5.86. The molecule has 3 rings (SSSR count). The molecule has 2 heterocycles. The molecule has 2 atom stereocenters. The number of carbonyl (C=O) groups is 4. The number of carboxylic acids is 1. The van der Waals surface area contributed by atoms with Crippen LogP contribution in [0.25, 0.3) is 0 Å². The number of urea groups is 1. The molecule has 28 heavy (non-hydrogen) atoms. The second kappa shape index (κ2) is 8.41. The maximum atomic E-state index is 12.7. The average Bonchev–Trinajstić information content (AvgIpc) is 2.91. The average molecular weight is 387 g/mol. The van der Waals surface area contributed by atoms with E-state index in [0.717, 1.165) is 22.4 Å². The number of imide groups is 1. The van der Waals surface area contributed by atoms with Crippen molar-refractivity contribution < 1.29 is 24.3 Å². The Bertz CT molecular complexity index is 751. The highest BCUT2D eigenvalue weighted by molar-refractivity contribution is 6.05. The first-order chi connectivity index (χ1) is 13.4. The SMILES string of the molecule is CCCC[C@H](NC(=O)CCN1C(=O)[C@@H]2Cc3ccccc3CN2C1=O)C(=O)O. The van der Waals surface area contributed by atoms with E-state index in [2.05, 4.69) is 5.32 Å². The van der Waals surface area contributed by atoms with Crippen molar-refractivity contribution in [1.29, 1.82) is 0 Å². The van der Waals surface area contributed by atoms with E-state index in [1.807, 2.05) is 31.2 Å². The van der Waals surface area contributed by atoms with Gasteiger partial charge >= 0.3 is 12.0 Å². The van der Waals surface area contributed by atoms with Crippen molar-refractivity contribution in [1.82, 2.24) is 15.1 Å². The Kier molecular flexibility index (Phi) is 5.96. The molecule has 2 N–H and O–H groups in total. The zero-order chi connectivity index (χ0) is 20.3. The van der Waals surface area contributed by atoms with E-state index in [1.165, 1.54) is 0 Å². The van der Waals surface area contributed by atoms with Gasteiger partial charge in [0.05, 0.1) is 0 Å². The molecule has 8 heteroatoms. The lowest BCUT2D eigenvalue weighted by atomic mass is 9.95. The number of carboxylic acid groups (broad SMARTS) is 1. The van der Waals surface area contributed by atoms with Gasteiger partial charge in [-0.15, -0.1) is 0 Å². The first-order valence-electron chi connectivity index (χ1n) is 9.63. The molecule has 4 amide bonds. The number of nitrogens with one attached hydrogen (secondary N) is 1. The number of fused-ring (bicyclic) bond motifs is 2. The molecule has 1 aromatic rings. The van der Waals surface area contributed by atoms with Crippen molar-refractivity contribution >= 4 is 23.8 Å². The standard InChI is InChI=1S/C20H25N3O5/c1-2-3-8-15(19(26)27)21-17(24)9-10-22-18(25)16-11-13-6-4-5-7-14(13)12-23(16)20(22)28/h4-7,15-16H,2-3,8-12H2,1H3,(H,21,24)(H,26,27)/t15-,16-/m0/s1. The lowest BCUT2D eigenvalue weighted by Crippen LogP contribution is -2.42. The predicted octanol–water partition coefficient (Wildman–Crippen LogP) is 1.53. The lowest BCUT2D eigenvalue weighted by Gasteiger charge is -2.28. The molecule has 0 spiro atoms. The summed E-state index contributed by atoms with van der Waals surface area (Å²) >= 11 is 0. The maximum Gasteiger partial charge on any atom is 0.327 e. The van der Waals surface area contributed by atoms with Gasteiger partial charge in [-0.1, -0.05) is 44.0 Å². The summed E-state index contributed by atoms with van der Waals surface area (Å²) in [6.07, 6.45) is 2.24. The Labute approximate surface area is 163 Å². The highest BCUT2D eigenvalue weighted by Crippen LogP contribution is 2.29. The van der Waals surface area contributed by atoms with Gasteiger partial charge in [-0.25, -0.2) is 9.59 Å². The number of rotatable bonds is 8. The molecule has 150 valence electrons. The highest BCUT2D eigenvalue weighted by atomic mass is 16.4. The van der Waals surface area contributed by atoms with E-state index in [-0.39, 0.29) is 18.9 Å². The molecular weight excluding hydrogens is 362 g/mol. The number of aliphatic carboxylic acids is 1. The van der Waals surface area contributed by atoms with Crippen LogP contribution in [0.15, 0.2) is 24.3 Å². The van der Waals surface area contributed by atoms with E-state index < -0.39 is 30.0 Å². The van der Waals surface area contributed by atoms with Crippen LogP contribution in [-0.4, -0.2) is 57.3 Å². The van der Waals surface area contributed by atoms with Gasteiger partial charge in [0.15, 0.2) is 0 Å². The summed E-state index contributed by atoms with van der Waals surface area (Å²) in [6.45, 7) is 2.28. The quantitative estimate of drug-likeness (QED) is 0.658. The van der Waals surface area contributed by atoms with E-state index >= 15 is 0 Å². The van der Waals surface area contributed by atoms with Crippen molar-refractivity contribution in [2.45, 2.75) is 57.7 Å². The number of benzene rings is 1. The molecule has 2 aliphatic heterocycles. The number of carbonyl (C=O) groups excluding carboxylic acids is 3. The third-order valence-electron chi connectivity index (χ3n) is 5.32. The molecule has 0 aliphatic carbocycles. The van der Waals surface area contributed by atoms with E-state index in [4.69, 9.17) is 0 Å². The maximum absolute atomic E-state index is 12.7. The van der Waals surface area contributed by atoms with Crippen LogP contribution in [-0.2, 0) is 27.3 Å².